The molecule has 5 nitrogen and oxygen atoms in total. The summed E-state index contributed by atoms with van der Waals surface area (Å²) >= 11 is 0. The van der Waals surface area contributed by atoms with E-state index < -0.39 is 0 Å². The predicted molar refractivity (Wildman–Crippen MR) is 74.0 cm³/mol. The molecule has 0 aliphatic carbocycles. The van der Waals surface area contributed by atoms with Gasteiger partial charge in [0.25, 0.3) is 0 Å². The molecular formula is C14H21N3O2. The topological polar surface area (TPSA) is 82.1 Å². The summed E-state index contributed by atoms with van der Waals surface area (Å²) in [4.78, 5) is 2.31. The average molecular weight is 263 g/mol. The third-order valence-corrected chi connectivity index (χ3v) is 3.93. The molecule has 0 radical (unpaired) electrons. The molecule has 0 aromatic heterocycles. The second kappa shape index (κ2) is 6.04. The van der Waals surface area contributed by atoms with Crippen LogP contribution in [0, 0.1) is 5.92 Å². The lowest BCUT2D eigenvalue weighted by Crippen LogP contribution is -2.34. The Hall–Kier alpha value is -1.59. The molecule has 19 heavy (non-hydrogen) atoms. The van der Waals surface area contributed by atoms with Gasteiger partial charge in [-0.15, -0.1) is 0 Å². The average Bonchev–Trinajstić information content (AvgIpc) is 2.79. The Morgan fingerprint density at radius 1 is 1.42 bits per heavy atom. The van der Waals surface area contributed by atoms with Crippen LogP contribution in [0.1, 0.15) is 24.5 Å². The normalized spacial score (nSPS) is 24.8. The van der Waals surface area contributed by atoms with Gasteiger partial charge in [-0.3, -0.25) is 4.90 Å². The van der Waals surface area contributed by atoms with E-state index in [9.17, 15) is 5.11 Å². The molecule has 1 aliphatic heterocycles. The van der Waals surface area contributed by atoms with Crippen LogP contribution in [0.2, 0.25) is 0 Å². The molecule has 1 saturated heterocycles. The Morgan fingerprint density at radius 2 is 2.11 bits per heavy atom. The van der Waals surface area contributed by atoms with E-state index in [1.54, 1.807) is 0 Å². The van der Waals surface area contributed by atoms with Gasteiger partial charge in [-0.25, -0.2) is 0 Å². The molecule has 0 amide bonds. The fourth-order valence-corrected chi connectivity index (χ4v) is 2.65. The van der Waals surface area contributed by atoms with Crippen LogP contribution in [0.3, 0.4) is 0 Å². The summed E-state index contributed by atoms with van der Waals surface area (Å²) < 4.78 is 0. The van der Waals surface area contributed by atoms with Crippen molar-refractivity contribution in [1.29, 1.82) is 0 Å². The van der Waals surface area contributed by atoms with Gasteiger partial charge in [0.05, 0.1) is 6.61 Å². The lowest BCUT2D eigenvalue weighted by atomic mass is 10.0. The molecular weight excluding hydrogens is 242 g/mol. The predicted octanol–water partition coefficient (Wildman–Crippen LogP) is 0.984. The van der Waals surface area contributed by atoms with Gasteiger partial charge >= 0.3 is 0 Å². The van der Waals surface area contributed by atoms with Crippen LogP contribution in [0.5, 0.6) is 0 Å². The van der Waals surface area contributed by atoms with Crippen molar-refractivity contribution in [3.63, 3.8) is 0 Å². The van der Waals surface area contributed by atoms with Gasteiger partial charge in [0.2, 0.25) is 0 Å². The Morgan fingerprint density at radius 3 is 2.68 bits per heavy atom. The molecule has 4 N–H and O–H groups in total. The van der Waals surface area contributed by atoms with Crippen LogP contribution in [0.15, 0.2) is 29.4 Å². The van der Waals surface area contributed by atoms with E-state index in [2.05, 4.69) is 17.0 Å². The lowest BCUT2D eigenvalue weighted by Gasteiger charge is -2.25. The smallest absolute Gasteiger partial charge is 0.170 e. The quantitative estimate of drug-likeness (QED) is 0.327. The number of rotatable bonds is 4. The van der Waals surface area contributed by atoms with Crippen LogP contribution in [-0.4, -0.2) is 40.2 Å². The van der Waals surface area contributed by atoms with Crippen molar-refractivity contribution in [2.75, 3.05) is 13.2 Å². The van der Waals surface area contributed by atoms with E-state index in [-0.39, 0.29) is 18.5 Å². The molecule has 0 saturated carbocycles. The first-order valence-electron chi connectivity index (χ1n) is 6.57. The minimum Gasteiger partial charge on any atom is -0.409 e. The molecule has 0 bridgehead atoms. The highest BCUT2D eigenvalue weighted by atomic mass is 16.4. The van der Waals surface area contributed by atoms with Crippen molar-refractivity contribution in [2.24, 2.45) is 16.8 Å². The molecule has 104 valence electrons. The molecule has 1 aromatic carbocycles. The van der Waals surface area contributed by atoms with E-state index in [4.69, 9.17) is 10.9 Å². The second-order valence-electron chi connectivity index (χ2n) is 5.17. The van der Waals surface area contributed by atoms with Crippen LogP contribution in [-0.2, 0) is 6.54 Å². The fourth-order valence-electron chi connectivity index (χ4n) is 2.65. The number of nitrogens with zero attached hydrogens (tertiary/aromatic N) is 2. The molecule has 2 atom stereocenters. The molecule has 1 aliphatic rings. The van der Waals surface area contributed by atoms with Crippen molar-refractivity contribution >= 4 is 5.84 Å². The van der Waals surface area contributed by atoms with Crippen LogP contribution in [0.25, 0.3) is 0 Å². The zero-order chi connectivity index (χ0) is 13.8. The molecule has 0 spiro atoms. The first-order chi connectivity index (χ1) is 9.15. The maximum absolute atomic E-state index is 9.43. The number of hydrogen-bond donors (Lipinski definition) is 3. The largest absolute Gasteiger partial charge is 0.409 e. The van der Waals surface area contributed by atoms with E-state index in [0.717, 1.165) is 19.5 Å². The SMILES string of the molecule is CC1CCN(Cc2ccc(/C(N)=N/O)cc2)C1CO. The zero-order valence-corrected chi connectivity index (χ0v) is 11.2. The van der Waals surface area contributed by atoms with Gasteiger partial charge in [-0.1, -0.05) is 36.3 Å². The number of nitrogens with two attached hydrogens (primary N) is 1. The van der Waals surface area contributed by atoms with Crippen molar-refractivity contribution in [2.45, 2.75) is 25.9 Å². The minimum atomic E-state index is 0.120. The molecule has 5 heteroatoms. The number of hydrogen-bond acceptors (Lipinski definition) is 4. The van der Waals surface area contributed by atoms with Crippen LogP contribution in [0.4, 0.5) is 0 Å². The number of aliphatic hydroxyl groups is 1. The summed E-state index contributed by atoms with van der Waals surface area (Å²) in [6.07, 6.45) is 1.13. The van der Waals surface area contributed by atoms with Gasteiger partial charge < -0.3 is 16.0 Å². The summed E-state index contributed by atoms with van der Waals surface area (Å²) in [6, 6.07) is 7.90. The van der Waals surface area contributed by atoms with Crippen LogP contribution < -0.4 is 5.73 Å². The van der Waals surface area contributed by atoms with Gasteiger partial charge in [0.15, 0.2) is 5.84 Å². The summed E-state index contributed by atoms with van der Waals surface area (Å²) in [5, 5.41) is 21.0. The van der Waals surface area contributed by atoms with E-state index >= 15 is 0 Å². The third kappa shape index (κ3) is 3.05. The molecule has 1 fully saturated rings. The van der Waals surface area contributed by atoms with Crippen molar-refractivity contribution in [3.05, 3.63) is 35.4 Å². The Balaban J connectivity index is 2.04. The Bertz CT molecular complexity index is 445. The first-order valence-corrected chi connectivity index (χ1v) is 6.57. The highest BCUT2D eigenvalue weighted by Crippen LogP contribution is 2.25. The van der Waals surface area contributed by atoms with Crippen molar-refractivity contribution in [3.8, 4) is 0 Å². The van der Waals surface area contributed by atoms with Gasteiger partial charge in [-0.05, 0) is 24.4 Å². The highest BCUT2D eigenvalue weighted by molar-refractivity contribution is 5.96. The van der Waals surface area contributed by atoms with Gasteiger partial charge in [0, 0.05) is 18.2 Å². The van der Waals surface area contributed by atoms with E-state index in [0.29, 0.717) is 11.5 Å². The number of oxime groups is 1. The standard InChI is InChI=1S/C14H21N3O2/c1-10-6-7-17(13(10)9-18)8-11-2-4-12(5-3-11)14(15)16-19/h2-5,10,13,18-19H,6-9H2,1H3,(H2,15,16). The monoisotopic (exact) mass is 263 g/mol. The highest BCUT2D eigenvalue weighted by Gasteiger charge is 2.30. The van der Waals surface area contributed by atoms with Crippen LogP contribution >= 0.6 is 0 Å². The fraction of sp³-hybridized carbons (Fsp3) is 0.500. The summed E-state index contributed by atoms with van der Waals surface area (Å²) in [6.45, 7) is 4.24. The summed E-state index contributed by atoms with van der Waals surface area (Å²) in [7, 11) is 0. The Kier molecular flexibility index (Phi) is 4.39. The maximum atomic E-state index is 9.43. The van der Waals surface area contributed by atoms with Crippen molar-refractivity contribution < 1.29 is 10.3 Å². The molecule has 1 aromatic rings. The molecule has 2 rings (SSSR count). The van der Waals surface area contributed by atoms with Crippen molar-refractivity contribution in [1.82, 2.24) is 4.90 Å². The number of likely N-dealkylation sites (tertiary alicyclic amines) is 1. The lowest BCUT2D eigenvalue weighted by molar-refractivity contribution is 0.134. The Labute approximate surface area is 113 Å². The van der Waals surface area contributed by atoms with Gasteiger partial charge in [0.1, 0.15) is 0 Å². The zero-order valence-electron chi connectivity index (χ0n) is 11.2. The third-order valence-electron chi connectivity index (χ3n) is 3.93. The maximum Gasteiger partial charge on any atom is 0.170 e. The number of aliphatic hydroxyl groups excluding tert-OH is 1. The summed E-state index contributed by atoms with van der Waals surface area (Å²) in [5.74, 6) is 0.663. The van der Waals surface area contributed by atoms with E-state index in [1.807, 2.05) is 24.3 Å². The van der Waals surface area contributed by atoms with Gasteiger partial charge in [-0.2, -0.15) is 0 Å². The summed E-state index contributed by atoms with van der Waals surface area (Å²) in [5.41, 5.74) is 7.40. The number of benzene rings is 1. The minimum absolute atomic E-state index is 0.120. The molecule has 1 heterocycles. The first kappa shape index (κ1) is 13.8. The number of amidine groups is 1. The molecule has 2 unspecified atom stereocenters. The second-order valence-corrected chi connectivity index (χ2v) is 5.17. The van der Waals surface area contributed by atoms with E-state index in [1.165, 1.54) is 5.56 Å².